The molecule has 2 aliphatic heterocycles. The molecule has 3 aliphatic rings. The van der Waals surface area contributed by atoms with Gasteiger partial charge in [0.1, 0.15) is 5.72 Å². The van der Waals surface area contributed by atoms with Gasteiger partial charge in [-0.2, -0.15) is 0 Å². The van der Waals surface area contributed by atoms with E-state index in [0.29, 0.717) is 26.4 Å². The number of methoxy groups -OCH3 is 2. The van der Waals surface area contributed by atoms with Gasteiger partial charge in [-0.15, -0.1) is 0 Å². The summed E-state index contributed by atoms with van der Waals surface area (Å²) in [5.41, 5.74) is 13.4. The molecule has 2 aromatic rings. The van der Waals surface area contributed by atoms with E-state index in [1.165, 1.54) is 33.4 Å². The number of halogens is 1. The Kier molecular flexibility index (Phi) is 13.3. The second-order valence-electron chi connectivity index (χ2n) is 16.6. The summed E-state index contributed by atoms with van der Waals surface area (Å²) in [7, 11) is 2.94. The SMILES string of the molecule is COC(C)CCOC(C)CCCC1(CCCC(C)(C)OCCC(C)OC)c2cc(Br)cc3c2-c2c(cc(B4OC(C)(C)C(C)(N)O4)cc21)COC3. The summed E-state index contributed by atoms with van der Waals surface area (Å²) in [6.07, 6.45) is 8.24. The molecule has 51 heavy (non-hydrogen) atoms. The number of benzene rings is 2. The third kappa shape index (κ3) is 9.14. The Labute approximate surface area is 316 Å². The molecule has 1 fully saturated rings. The molecular weight excluding hydrogens is 709 g/mol. The molecule has 2 N–H and O–H groups in total. The van der Waals surface area contributed by atoms with Crippen LogP contribution < -0.4 is 11.2 Å². The van der Waals surface area contributed by atoms with E-state index < -0.39 is 18.4 Å². The van der Waals surface area contributed by atoms with Gasteiger partial charge in [0.25, 0.3) is 0 Å². The maximum Gasteiger partial charge on any atom is 0.495 e. The summed E-state index contributed by atoms with van der Waals surface area (Å²) < 4.78 is 44.0. The van der Waals surface area contributed by atoms with E-state index in [4.69, 9.17) is 38.7 Å². The molecular formula is C41H63BBrNO7. The Morgan fingerprint density at radius 1 is 0.824 bits per heavy atom. The first-order valence-electron chi connectivity index (χ1n) is 19.1. The average molecular weight is 773 g/mol. The summed E-state index contributed by atoms with van der Waals surface area (Å²) in [4.78, 5) is 0. The summed E-state index contributed by atoms with van der Waals surface area (Å²) in [6, 6.07) is 9.20. The van der Waals surface area contributed by atoms with E-state index in [-0.39, 0.29) is 29.3 Å². The van der Waals surface area contributed by atoms with Crippen molar-refractivity contribution in [3.8, 4) is 11.1 Å². The van der Waals surface area contributed by atoms with Crippen molar-refractivity contribution in [2.75, 3.05) is 27.4 Å². The molecule has 10 heteroatoms. The van der Waals surface area contributed by atoms with Crippen molar-refractivity contribution in [2.45, 2.75) is 161 Å². The van der Waals surface area contributed by atoms with Crippen LogP contribution in [-0.2, 0) is 51.6 Å². The Bertz CT molecular complexity index is 1480. The summed E-state index contributed by atoms with van der Waals surface area (Å²) in [5, 5.41) is 0. The maximum absolute atomic E-state index is 6.64. The van der Waals surface area contributed by atoms with Crippen LogP contribution in [-0.4, -0.2) is 69.8 Å². The number of ether oxygens (including phenoxy) is 5. The van der Waals surface area contributed by atoms with Crippen LogP contribution in [0.4, 0.5) is 0 Å². The molecule has 2 aromatic carbocycles. The molecule has 0 radical (unpaired) electrons. The second-order valence-corrected chi connectivity index (χ2v) is 17.5. The molecule has 8 nitrogen and oxygen atoms in total. The fourth-order valence-corrected chi connectivity index (χ4v) is 8.43. The van der Waals surface area contributed by atoms with Gasteiger partial charge in [0.15, 0.2) is 0 Å². The lowest BCUT2D eigenvalue weighted by molar-refractivity contribution is -0.0404. The summed E-state index contributed by atoms with van der Waals surface area (Å²) in [5.74, 6) is 0. The highest BCUT2D eigenvalue weighted by Gasteiger charge is 2.54. The molecule has 0 spiro atoms. The molecule has 1 aliphatic carbocycles. The fourth-order valence-electron chi connectivity index (χ4n) is 7.92. The predicted molar refractivity (Wildman–Crippen MR) is 208 cm³/mol. The van der Waals surface area contributed by atoms with E-state index in [9.17, 15) is 0 Å². The average Bonchev–Trinajstić information content (AvgIpc) is 3.35. The number of hydrogen-bond donors (Lipinski definition) is 1. The quantitative estimate of drug-likeness (QED) is 0.143. The summed E-state index contributed by atoms with van der Waals surface area (Å²) >= 11 is 3.91. The Morgan fingerprint density at radius 3 is 2.06 bits per heavy atom. The molecule has 5 atom stereocenters. The first kappa shape index (κ1) is 40.8. The predicted octanol–water partition coefficient (Wildman–Crippen LogP) is 8.33. The highest BCUT2D eigenvalue weighted by atomic mass is 79.9. The molecule has 0 aromatic heterocycles. The van der Waals surface area contributed by atoms with Gasteiger partial charge < -0.3 is 38.7 Å². The monoisotopic (exact) mass is 771 g/mol. The lowest BCUT2D eigenvalue weighted by Gasteiger charge is -2.35. The van der Waals surface area contributed by atoms with Crippen LogP contribution >= 0.6 is 15.9 Å². The van der Waals surface area contributed by atoms with Gasteiger partial charge in [-0.25, -0.2) is 0 Å². The van der Waals surface area contributed by atoms with Crippen molar-refractivity contribution in [1.82, 2.24) is 0 Å². The van der Waals surface area contributed by atoms with Gasteiger partial charge >= 0.3 is 7.12 Å². The molecule has 5 unspecified atom stereocenters. The lowest BCUT2D eigenvalue weighted by atomic mass is 9.67. The van der Waals surface area contributed by atoms with E-state index >= 15 is 0 Å². The molecule has 1 saturated heterocycles. The zero-order valence-corrected chi connectivity index (χ0v) is 34.5. The van der Waals surface area contributed by atoms with Gasteiger partial charge in [0, 0.05) is 37.3 Å². The zero-order chi connectivity index (χ0) is 37.2. The molecule has 284 valence electrons. The van der Waals surface area contributed by atoms with Crippen LogP contribution in [0.1, 0.15) is 129 Å². The number of nitrogens with two attached hydrogens (primary N) is 1. The van der Waals surface area contributed by atoms with Crippen LogP contribution in [0.5, 0.6) is 0 Å². The third-order valence-electron chi connectivity index (χ3n) is 11.8. The van der Waals surface area contributed by atoms with E-state index in [0.717, 1.165) is 61.3 Å². The van der Waals surface area contributed by atoms with Gasteiger partial charge in [-0.1, -0.05) is 28.1 Å². The first-order chi connectivity index (χ1) is 24.0. The van der Waals surface area contributed by atoms with Crippen molar-refractivity contribution < 1.29 is 33.0 Å². The van der Waals surface area contributed by atoms with Crippen molar-refractivity contribution in [3.05, 3.63) is 51.0 Å². The van der Waals surface area contributed by atoms with Crippen LogP contribution in [0.15, 0.2) is 28.7 Å². The summed E-state index contributed by atoms with van der Waals surface area (Å²) in [6.45, 7) is 19.2. The molecule has 0 amide bonds. The highest BCUT2D eigenvalue weighted by molar-refractivity contribution is 9.10. The molecule has 0 bridgehead atoms. The highest BCUT2D eigenvalue weighted by Crippen LogP contribution is 2.58. The van der Waals surface area contributed by atoms with Crippen molar-refractivity contribution in [1.29, 1.82) is 0 Å². The fraction of sp³-hybridized carbons (Fsp3) is 0.707. The molecule has 0 saturated carbocycles. The molecule has 5 rings (SSSR count). The van der Waals surface area contributed by atoms with Gasteiger partial charge in [0.05, 0.1) is 42.7 Å². The van der Waals surface area contributed by atoms with Crippen LogP contribution in [0, 0.1) is 0 Å². The van der Waals surface area contributed by atoms with Gasteiger partial charge in [0.2, 0.25) is 0 Å². The topological polar surface area (TPSA) is 90.6 Å². The minimum Gasteiger partial charge on any atom is -0.398 e. The van der Waals surface area contributed by atoms with Crippen molar-refractivity contribution in [3.63, 3.8) is 0 Å². The first-order valence-corrected chi connectivity index (χ1v) is 19.9. The third-order valence-corrected chi connectivity index (χ3v) is 12.2. The lowest BCUT2D eigenvalue weighted by Crippen LogP contribution is -2.52. The van der Waals surface area contributed by atoms with Crippen LogP contribution in [0.25, 0.3) is 11.1 Å². The van der Waals surface area contributed by atoms with E-state index in [1.54, 1.807) is 14.2 Å². The standard InChI is InChI=1S/C41H63BBrNO7/c1-27(45-9)14-19-48-29(3)13-11-17-41(18-12-16-38(4,5)49-20-15-28(2)46-10)34-23-32(42-50-39(6,7)40(8,44)51-42)21-30-25-47-26-31-22-33(43)24-35(41)37(31)36(30)34/h21-24,27-29H,11-20,25-26,44H2,1-10H3. The van der Waals surface area contributed by atoms with Crippen molar-refractivity contribution in [2.24, 2.45) is 5.73 Å². The van der Waals surface area contributed by atoms with Crippen LogP contribution in [0.3, 0.4) is 0 Å². The van der Waals surface area contributed by atoms with E-state index in [1.807, 2.05) is 20.8 Å². The Balaban J connectivity index is 1.51. The van der Waals surface area contributed by atoms with Gasteiger partial charge in [-0.3, -0.25) is 0 Å². The number of rotatable bonds is 19. The van der Waals surface area contributed by atoms with Crippen molar-refractivity contribution >= 4 is 28.5 Å². The smallest absolute Gasteiger partial charge is 0.398 e. The van der Waals surface area contributed by atoms with Crippen LogP contribution in [0.2, 0.25) is 0 Å². The van der Waals surface area contributed by atoms with Gasteiger partial charge in [-0.05, 0) is 158 Å². The minimum absolute atomic E-state index is 0.158. The number of hydrogen-bond acceptors (Lipinski definition) is 8. The normalized spacial score (nSPS) is 24.0. The van der Waals surface area contributed by atoms with E-state index in [2.05, 4.69) is 74.8 Å². The minimum atomic E-state index is -0.927. The maximum atomic E-state index is 6.64. The largest absolute Gasteiger partial charge is 0.495 e. The Hall–Kier alpha value is -1.34. The second kappa shape index (κ2) is 16.6. The zero-order valence-electron chi connectivity index (χ0n) is 32.9. The Morgan fingerprint density at radius 2 is 1.43 bits per heavy atom. The molecule has 2 heterocycles.